The number of aryl methyl sites for hydroxylation is 1. The zero-order valence-corrected chi connectivity index (χ0v) is 12.6. The maximum Gasteiger partial charge on any atom is 0.490 e. The molecule has 0 aliphatic carbocycles. The number of hydrogen-bond donors (Lipinski definition) is 2. The van der Waals surface area contributed by atoms with Crippen LogP contribution in [0, 0.1) is 16.7 Å². The molecule has 7 heteroatoms. The second-order valence-electron chi connectivity index (χ2n) is 5.43. The molecule has 0 aromatic heterocycles. The molecule has 0 atom stereocenters. The predicted octanol–water partition coefficient (Wildman–Crippen LogP) is 3.15. The van der Waals surface area contributed by atoms with Gasteiger partial charge < -0.3 is 10.4 Å². The molecule has 2 rings (SSSR count). The molecule has 1 aromatic carbocycles. The monoisotopic (exact) mass is 328 g/mol. The van der Waals surface area contributed by atoms with E-state index in [9.17, 15) is 18.4 Å². The van der Waals surface area contributed by atoms with Crippen molar-refractivity contribution in [3.63, 3.8) is 0 Å². The molecule has 0 spiro atoms. The van der Waals surface area contributed by atoms with Crippen molar-refractivity contribution >= 4 is 5.97 Å². The second-order valence-corrected chi connectivity index (χ2v) is 5.43. The minimum absolute atomic E-state index is 0.0823. The molecule has 1 saturated heterocycles. The highest BCUT2D eigenvalue weighted by atomic mass is 19.4. The Balaban J connectivity index is 0.000000322. The van der Waals surface area contributed by atoms with Gasteiger partial charge in [0.25, 0.3) is 0 Å². The summed E-state index contributed by atoms with van der Waals surface area (Å²) in [6.07, 6.45) is -1.07. The summed E-state index contributed by atoms with van der Waals surface area (Å²) in [4.78, 5) is 8.90. The average Bonchev–Trinajstić information content (AvgIpc) is 2.54. The van der Waals surface area contributed by atoms with Crippen LogP contribution in [0.15, 0.2) is 30.3 Å². The molecule has 126 valence electrons. The SMILES string of the molecule is N#CC1(CCc2ccccc2)CCNCC1.O=C(O)C(F)(F)F. The number of aliphatic carboxylic acids is 1. The Hall–Kier alpha value is -2.07. The van der Waals surface area contributed by atoms with Gasteiger partial charge in [0.2, 0.25) is 0 Å². The van der Waals surface area contributed by atoms with Gasteiger partial charge in [-0.15, -0.1) is 0 Å². The first kappa shape index (κ1) is 19.0. The van der Waals surface area contributed by atoms with Gasteiger partial charge in [0, 0.05) is 0 Å². The summed E-state index contributed by atoms with van der Waals surface area (Å²) < 4.78 is 31.7. The van der Waals surface area contributed by atoms with Gasteiger partial charge in [-0.05, 0) is 44.3 Å². The fraction of sp³-hybridized carbons (Fsp3) is 0.500. The van der Waals surface area contributed by atoms with Crippen molar-refractivity contribution < 1.29 is 23.1 Å². The van der Waals surface area contributed by atoms with Crippen molar-refractivity contribution in [1.29, 1.82) is 5.26 Å². The first-order valence-electron chi connectivity index (χ1n) is 7.25. The Morgan fingerprint density at radius 2 is 1.78 bits per heavy atom. The van der Waals surface area contributed by atoms with Crippen LogP contribution in [0.2, 0.25) is 0 Å². The fourth-order valence-corrected chi connectivity index (χ4v) is 2.35. The normalized spacial score (nSPS) is 16.6. The van der Waals surface area contributed by atoms with E-state index in [1.54, 1.807) is 0 Å². The number of benzene rings is 1. The molecule has 0 bridgehead atoms. The van der Waals surface area contributed by atoms with Crippen LogP contribution in [-0.2, 0) is 11.2 Å². The number of carbonyl (C=O) groups is 1. The molecule has 1 aromatic rings. The van der Waals surface area contributed by atoms with Crippen molar-refractivity contribution in [3.05, 3.63) is 35.9 Å². The molecule has 1 aliphatic heterocycles. The van der Waals surface area contributed by atoms with E-state index in [-0.39, 0.29) is 5.41 Å². The number of alkyl halides is 3. The third kappa shape index (κ3) is 6.70. The fourth-order valence-electron chi connectivity index (χ4n) is 2.35. The minimum Gasteiger partial charge on any atom is -0.475 e. The lowest BCUT2D eigenvalue weighted by Crippen LogP contribution is -2.36. The molecular weight excluding hydrogens is 309 g/mol. The van der Waals surface area contributed by atoms with E-state index >= 15 is 0 Å². The highest BCUT2D eigenvalue weighted by Crippen LogP contribution is 2.33. The van der Waals surface area contributed by atoms with E-state index in [1.807, 2.05) is 6.07 Å². The number of piperidine rings is 1. The Labute approximate surface area is 132 Å². The quantitative estimate of drug-likeness (QED) is 0.894. The molecule has 1 aliphatic rings. The summed E-state index contributed by atoms with van der Waals surface area (Å²) in [5.74, 6) is -2.76. The molecule has 1 heterocycles. The Morgan fingerprint density at radius 3 is 2.22 bits per heavy atom. The molecule has 0 saturated carbocycles. The van der Waals surface area contributed by atoms with Gasteiger partial charge in [-0.2, -0.15) is 18.4 Å². The molecule has 23 heavy (non-hydrogen) atoms. The highest BCUT2D eigenvalue weighted by Gasteiger charge is 2.38. The maximum atomic E-state index is 10.6. The smallest absolute Gasteiger partial charge is 0.475 e. The standard InChI is InChI=1S/C14H18N2.C2HF3O2/c15-12-14(8-10-16-11-9-14)7-6-13-4-2-1-3-5-13;3-2(4,5)1(6)7/h1-5,16H,6-11H2;(H,6,7). The van der Waals surface area contributed by atoms with Gasteiger partial charge in [0.15, 0.2) is 0 Å². The number of carboxylic acid groups (broad SMARTS) is 1. The summed E-state index contributed by atoms with van der Waals surface area (Å²) in [6.45, 7) is 1.98. The Bertz CT molecular complexity index is 532. The molecular formula is C16H19F3N2O2. The summed E-state index contributed by atoms with van der Waals surface area (Å²) >= 11 is 0. The zero-order valence-electron chi connectivity index (χ0n) is 12.6. The first-order chi connectivity index (χ1) is 10.8. The maximum absolute atomic E-state index is 10.6. The van der Waals surface area contributed by atoms with Gasteiger partial charge in [-0.25, -0.2) is 4.79 Å². The van der Waals surface area contributed by atoms with E-state index in [0.717, 1.165) is 38.8 Å². The van der Waals surface area contributed by atoms with Crippen molar-refractivity contribution in [3.8, 4) is 6.07 Å². The van der Waals surface area contributed by atoms with Crippen LogP contribution < -0.4 is 5.32 Å². The molecule has 1 fully saturated rings. The third-order valence-electron chi connectivity index (χ3n) is 3.78. The highest BCUT2D eigenvalue weighted by molar-refractivity contribution is 5.73. The number of nitrogens with zero attached hydrogens (tertiary/aromatic N) is 1. The Morgan fingerprint density at radius 1 is 1.26 bits per heavy atom. The largest absolute Gasteiger partial charge is 0.490 e. The Kier molecular flexibility index (Phi) is 7.04. The number of hydrogen-bond acceptors (Lipinski definition) is 3. The number of carboxylic acids is 1. The van der Waals surface area contributed by atoms with Crippen molar-refractivity contribution in [1.82, 2.24) is 5.32 Å². The number of rotatable bonds is 3. The second kappa shape index (κ2) is 8.53. The van der Waals surface area contributed by atoms with Gasteiger partial charge in [-0.3, -0.25) is 0 Å². The summed E-state index contributed by atoms with van der Waals surface area (Å²) in [7, 11) is 0. The van der Waals surface area contributed by atoms with E-state index in [1.165, 1.54) is 5.56 Å². The van der Waals surface area contributed by atoms with Gasteiger partial charge in [-0.1, -0.05) is 30.3 Å². The average molecular weight is 328 g/mol. The molecule has 2 N–H and O–H groups in total. The van der Waals surface area contributed by atoms with Crippen LogP contribution in [0.3, 0.4) is 0 Å². The van der Waals surface area contributed by atoms with E-state index in [2.05, 4.69) is 35.7 Å². The van der Waals surface area contributed by atoms with Crippen molar-refractivity contribution in [2.45, 2.75) is 31.9 Å². The molecule has 0 amide bonds. The predicted molar refractivity (Wildman–Crippen MR) is 78.6 cm³/mol. The number of halogens is 3. The van der Waals surface area contributed by atoms with Crippen molar-refractivity contribution in [2.24, 2.45) is 5.41 Å². The van der Waals surface area contributed by atoms with Crippen LogP contribution in [0.1, 0.15) is 24.8 Å². The first-order valence-corrected chi connectivity index (χ1v) is 7.25. The van der Waals surface area contributed by atoms with E-state index in [0.29, 0.717) is 0 Å². The summed E-state index contributed by atoms with van der Waals surface area (Å²) in [5.41, 5.74) is 1.26. The number of nitriles is 1. The lowest BCUT2D eigenvalue weighted by atomic mass is 9.76. The van der Waals surface area contributed by atoms with Gasteiger partial charge >= 0.3 is 12.1 Å². The minimum atomic E-state index is -5.08. The molecule has 4 nitrogen and oxygen atoms in total. The van der Waals surface area contributed by atoms with Crippen LogP contribution in [0.25, 0.3) is 0 Å². The van der Waals surface area contributed by atoms with E-state index < -0.39 is 12.1 Å². The lowest BCUT2D eigenvalue weighted by Gasteiger charge is -2.31. The van der Waals surface area contributed by atoms with Crippen LogP contribution in [0.4, 0.5) is 13.2 Å². The zero-order chi connectivity index (χ0) is 17.3. The van der Waals surface area contributed by atoms with Crippen LogP contribution >= 0.6 is 0 Å². The van der Waals surface area contributed by atoms with Crippen LogP contribution in [0.5, 0.6) is 0 Å². The van der Waals surface area contributed by atoms with E-state index in [4.69, 9.17) is 9.90 Å². The topological polar surface area (TPSA) is 73.1 Å². The van der Waals surface area contributed by atoms with Crippen LogP contribution in [-0.4, -0.2) is 30.3 Å². The molecule has 0 unspecified atom stereocenters. The number of nitrogens with one attached hydrogen (secondary N) is 1. The molecule has 0 radical (unpaired) electrons. The van der Waals surface area contributed by atoms with Gasteiger partial charge in [0.1, 0.15) is 0 Å². The third-order valence-corrected chi connectivity index (χ3v) is 3.78. The lowest BCUT2D eigenvalue weighted by molar-refractivity contribution is -0.192. The van der Waals surface area contributed by atoms with Gasteiger partial charge in [0.05, 0.1) is 11.5 Å². The summed E-state index contributed by atoms with van der Waals surface area (Å²) in [6, 6.07) is 13.0. The summed E-state index contributed by atoms with van der Waals surface area (Å²) in [5, 5.41) is 19.8. The van der Waals surface area contributed by atoms with Crippen molar-refractivity contribution in [2.75, 3.05) is 13.1 Å².